The summed E-state index contributed by atoms with van der Waals surface area (Å²) in [5.41, 5.74) is 2.97. The van der Waals surface area contributed by atoms with Gasteiger partial charge in [0.2, 0.25) is 5.91 Å². The Kier molecular flexibility index (Phi) is 9.03. The average Bonchev–Trinajstić information content (AvgIpc) is 3.51. The van der Waals surface area contributed by atoms with Crippen LogP contribution in [-0.4, -0.2) is 39.5 Å². The average molecular weight is 575 g/mol. The number of anilines is 1. The number of nitrogens with one attached hydrogen (secondary N) is 1. The standard InChI is InChI=1S/C26H24ClFN4O4S2/c1-4-32-21(12-36-17-9-10-20(28)19(27)11-17)30-31-26(32)38-14-22(33)29-24-23(25(34)35-3)18(13-37-24)16-7-5-15(2)6-8-16/h5-11,13H,4,12,14H2,1-3H3,(H,29,33). The van der Waals surface area contributed by atoms with Gasteiger partial charge in [-0.2, -0.15) is 0 Å². The van der Waals surface area contributed by atoms with Crippen LogP contribution in [0.5, 0.6) is 5.75 Å². The summed E-state index contributed by atoms with van der Waals surface area (Å²) in [6.45, 7) is 4.55. The lowest BCUT2D eigenvalue weighted by Crippen LogP contribution is -2.16. The molecule has 2 heterocycles. The summed E-state index contributed by atoms with van der Waals surface area (Å²) in [5.74, 6) is -0.363. The number of thioether (sulfide) groups is 1. The summed E-state index contributed by atoms with van der Waals surface area (Å²) in [4.78, 5) is 25.4. The Hall–Kier alpha value is -3.41. The Morgan fingerprint density at radius 2 is 1.95 bits per heavy atom. The van der Waals surface area contributed by atoms with Crippen LogP contribution >= 0.6 is 34.7 Å². The van der Waals surface area contributed by atoms with Crippen LogP contribution in [0.15, 0.2) is 53.0 Å². The van der Waals surface area contributed by atoms with Crippen LogP contribution < -0.4 is 10.1 Å². The minimum Gasteiger partial charge on any atom is -0.486 e. The maximum Gasteiger partial charge on any atom is 0.341 e. The van der Waals surface area contributed by atoms with Gasteiger partial charge in [0.15, 0.2) is 11.0 Å². The fourth-order valence-electron chi connectivity index (χ4n) is 3.56. The van der Waals surface area contributed by atoms with E-state index >= 15 is 0 Å². The Balaban J connectivity index is 1.42. The number of methoxy groups -OCH3 is 1. The minimum absolute atomic E-state index is 0.0335. The van der Waals surface area contributed by atoms with E-state index in [0.717, 1.165) is 11.1 Å². The van der Waals surface area contributed by atoms with Crippen LogP contribution in [-0.2, 0) is 22.7 Å². The van der Waals surface area contributed by atoms with Crippen molar-refractivity contribution in [2.75, 3.05) is 18.2 Å². The molecule has 8 nitrogen and oxygen atoms in total. The van der Waals surface area contributed by atoms with Crippen molar-refractivity contribution in [3.8, 4) is 16.9 Å². The van der Waals surface area contributed by atoms with Gasteiger partial charge in [-0.1, -0.05) is 53.2 Å². The van der Waals surface area contributed by atoms with Crippen LogP contribution in [0.2, 0.25) is 5.02 Å². The number of carbonyl (C=O) groups is 2. The van der Waals surface area contributed by atoms with Crippen LogP contribution in [0.3, 0.4) is 0 Å². The SMILES string of the molecule is CCn1c(COc2ccc(F)c(Cl)c2)nnc1SCC(=O)Nc1scc(-c2ccc(C)cc2)c1C(=O)OC. The fraction of sp³-hybridized carbons (Fsp3) is 0.231. The zero-order valence-electron chi connectivity index (χ0n) is 20.8. The van der Waals surface area contributed by atoms with E-state index in [1.807, 2.05) is 48.1 Å². The molecule has 0 saturated heterocycles. The van der Waals surface area contributed by atoms with Crippen molar-refractivity contribution in [3.05, 3.63) is 75.6 Å². The maximum atomic E-state index is 13.4. The van der Waals surface area contributed by atoms with Gasteiger partial charge in [-0.15, -0.1) is 21.5 Å². The van der Waals surface area contributed by atoms with Crippen LogP contribution in [0.4, 0.5) is 9.39 Å². The summed E-state index contributed by atoms with van der Waals surface area (Å²) < 4.78 is 25.9. The molecular weight excluding hydrogens is 551 g/mol. The summed E-state index contributed by atoms with van der Waals surface area (Å²) in [6.07, 6.45) is 0. The lowest BCUT2D eigenvalue weighted by atomic mass is 10.0. The maximum absolute atomic E-state index is 13.4. The number of thiophene rings is 1. The van der Waals surface area contributed by atoms with Crippen LogP contribution in [0.25, 0.3) is 11.1 Å². The summed E-state index contributed by atoms with van der Waals surface area (Å²) in [5, 5.41) is 13.9. The number of hydrogen-bond acceptors (Lipinski definition) is 8. The van der Waals surface area contributed by atoms with E-state index in [2.05, 4.69) is 15.5 Å². The Morgan fingerprint density at radius 3 is 2.63 bits per heavy atom. The van der Waals surface area contributed by atoms with Gasteiger partial charge in [0.25, 0.3) is 0 Å². The van der Waals surface area contributed by atoms with E-state index in [0.29, 0.717) is 39.4 Å². The molecule has 2 aromatic carbocycles. The van der Waals surface area contributed by atoms with E-state index in [9.17, 15) is 14.0 Å². The molecule has 0 unspecified atom stereocenters. The molecule has 0 atom stereocenters. The molecule has 0 aliphatic rings. The molecule has 0 radical (unpaired) electrons. The first-order valence-electron chi connectivity index (χ1n) is 11.5. The highest BCUT2D eigenvalue weighted by Crippen LogP contribution is 2.36. The molecule has 12 heteroatoms. The van der Waals surface area contributed by atoms with E-state index in [-0.39, 0.29) is 23.3 Å². The normalized spacial score (nSPS) is 10.9. The number of rotatable bonds is 10. The highest BCUT2D eigenvalue weighted by Gasteiger charge is 2.23. The molecule has 198 valence electrons. The molecule has 0 aliphatic carbocycles. The number of ether oxygens (including phenoxy) is 2. The van der Waals surface area contributed by atoms with E-state index in [1.165, 1.54) is 48.4 Å². The summed E-state index contributed by atoms with van der Waals surface area (Å²) >= 11 is 8.28. The van der Waals surface area contributed by atoms with Crippen LogP contribution in [0, 0.1) is 12.7 Å². The van der Waals surface area contributed by atoms with Crippen molar-refractivity contribution in [2.24, 2.45) is 0 Å². The molecule has 38 heavy (non-hydrogen) atoms. The molecule has 0 spiro atoms. The molecular formula is C26H24ClFN4O4S2. The third-order valence-electron chi connectivity index (χ3n) is 5.50. The van der Waals surface area contributed by atoms with Gasteiger partial charge in [0, 0.05) is 23.6 Å². The zero-order valence-corrected chi connectivity index (χ0v) is 23.2. The molecule has 0 bridgehead atoms. The molecule has 4 rings (SSSR count). The molecule has 0 aliphatic heterocycles. The smallest absolute Gasteiger partial charge is 0.341 e. The van der Waals surface area contributed by atoms with Gasteiger partial charge in [0.05, 0.1) is 17.9 Å². The number of esters is 1. The van der Waals surface area contributed by atoms with Crippen molar-refractivity contribution in [3.63, 3.8) is 0 Å². The Labute approximate surface area is 232 Å². The van der Waals surface area contributed by atoms with Gasteiger partial charge >= 0.3 is 5.97 Å². The molecule has 0 fully saturated rings. The zero-order chi connectivity index (χ0) is 27.2. The lowest BCUT2D eigenvalue weighted by Gasteiger charge is -2.10. The second-order valence-electron chi connectivity index (χ2n) is 8.06. The predicted octanol–water partition coefficient (Wildman–Crippen LogP) is 6.22. The van der Waals surface area contributed by atoms with Crippen molar-refractivity contribution in [1.82, 2.24) is 14.8 Å². The van der Waals surface area contributed by atoms with Crippen LogP contribution in [0.1, 0.15) is 28.7 Å². The number of hydrogen-bond donors (Lipinski definition) is 1. The topological polar surface area (TPSA) is 95.3 Å². The Morgan fingerprint density at radius 1 is 1.18 bits per heavy atom. The van der Waals surface area contributed by atoms with Gasteiger partial charge in [-0.05, 0) is 31.5 Å². The van der Waals surface area contributed by atoms with Gasteiger partial charge < -0.3 is 19.4 Å². The van der Waals surface area contributed by atoms with Crippen molar-refractivity contribution >= 4 is 51.6 Å². The Bertz CT molecular complexity index is 1460. The fourth-order valence-corrected chi connectivity index (χ4v) is 5.52. The largest absolute Gasteiger partial charge is 0.486 e. The minimum atomic E-state index is -0.527. The van der Waals surface area contributed by atoms with Crippen molar-refractivity contribution in [1.29, 1.82) is 0 Å². The first-order valence-corrected chi connectivity index (χ1v) is 13.7. The molecule has 4 aromatic rings. The van der Waals surface area contributed by atoms with E-state index in [4.69, 9.17) is 21.1 Å². The molecule has 1 N–H and O–H groups in total. The molecule has 2 aromatic heterocycles. The quantitative estimate of drug-likeness (QED) is 0.177. The molecule has 1 amide bonds. The van der Waals surface area contributed by atoms with Crippen molar-refractivity contribution in [2.45, 2.75) is 32.2 Å². The van der Waals surface area contributed by atoms with Gasteiger partial charge in [0.1, 0.15) is 28.7 Å². The molecule has 0 saturated carbocycles. The monoisotopic (exact) mass is 574 g/mol. The summed E-state index contributed by atoms with van der Waals surface area (Å²) in [6, 6.07) is 11.9. The first kappa shape index (κ1) is 27.6. The highest BCUT2D eigenvalue weighted by atomic mass is 35.5. The van der Waals surface area contributed by atoms with Crippen molar-refractivity contribution < 1.29 is 23.5 Å². The summed E-state index contributed by atoms with van der Waals surface area (Å²) in [7, 11) is 1.31. The number of halogens is 2. The third kappa shape index (κ3) is 6.35. The second kappa shape index (κ2) is 12.4. The highest BCUT2D eigenvalue weighted by molar-refractivity contribution is 7.99. The number of aromatic nitrogens is 3. The number of nitrogens with zero attached hydrogens (tertiary/aromatic N) is 3. The van der Waals surface area contributed by atoms with E-state index < -0.39 is 11.8 Å². The number of amides is 1. The third-order valence-corrected chi connectivity index (χ3v) is 7.65. The van der Waals surface area contributed by atoms with Gasteiger partial charge in [-0.25, -0.2) is 9.18 Å². The van der Waals surface area contributed by atoms with Gasteiger partial charge in [-0.3, -0.25) is 4.79 Å². The number of aryl methyl sites for hydroxylation is 1. The lowest BCUT2D eigenvalue weighted by molar-refractivity contribution is -0.113. The predicted molar refractivity (Wildman–Crippen MR) is 147 cm³/mol. The number of benzene rings is 2. The van der Waals surface area contributed by atoms with E-state index in [1.54, 1.807) is 0 Å². The number of carbonyl (C=O) groups excluding carboxylic acids is 2. The first-order chi connectivity index (χ1) is 18.3. The second-order valence-corrected chi connectivity index (χ2v) is 10.3.